The molecule has 0 aromatic carbocycles. The predicted octanol–water partition coefficient (Wildman–Crippen LogP) is 0.900. The first-order chi connectivity index (χ1) is 8.65. The quantitative estimate of drug-likeness (QED) is 0.739. The molecule has 1 unspecified atom stereocenters. The van der Waals surface area contributed by atoms with Gasteiger partial charge in [-0.05, 0) is 50.9 Å². The van der Waals surface area contributed by atoms with Crippen molar-refractivity contribution in [2.75, 3.05) is 25.0 Å². The summed E-state index contributed by atoms with van der Waals surface area (Å²) in [6.07, 6.45) is 2.45. The van der Waals surface area contributed by atoms with Crippen molar-refractivity contribution >= 4 is 11.7 Å². The maximum Gasteiger partial charge on any atom is 0.248 e. The Labute approximate surface area is 107 Å². The summed E-state index contributed by atoms with van der Waals surface area (Å²) in [4.78, 5) is 15.5. The average Bonchev–Trinajstić information content (AvgIpc) is 2.37. The van der Waals surface area contributed by atoms with Crippen LogP contribution in [-0.2, 0) is 0 Å². The van der Waals surface area contributed by atoms with Crippen LogP contribution in [0.5, 0.6) is 0 Å². The fourth-order valence-corrected chi connectivity index (χ4v) is 2.25. The number of nitrogens with zero attached hydrogens (tertiary/aromatic N) is 1. The fraction of sp³-hybridized carbons (Fsp3) is 0.538. The fourth-order valence-electron chi connectivity index (χ4n) is 2.25. The van der Waals surface area contributed by atoms with E-state index in [2.05, 4.69) is 15.6 Å². The molecule has 1 aromatic heterocycles. The monoisotopic (exact) mass is 248 g/mol. The predicted molar refractivity (Wildman–Crippen MR) is 71.6 cm³/mol. The second-order valence-electron chi connectivity index (χ2n) is 4.84. The van der Waals surface area contributed by atoms with E-state index in [1.165, 1.54) is 12.8 Å². The highest BCUT2D eigenvalue weighted by Crippen LogP contribution is 2.13. The van der Waals surface area contributed by atoms with E-state index >= 15 is 0 Å². The normalized spacial score (nSPS) is 19.5. The molecule has 0 aliphatic carbocycles. The van der Waals surface area contributed by atoms with Crippen LogP contribution < -0.4 is 16.4 Å². The van der Waals surface area contributed by atoms with E-state index in [4.69, 9.17) is 5.73 Å². The van der Waals surface area contributed by atoms with E-state index in [0.29, 0.717) is 11.5 Å². The highest BCUT2D eigenvalue weighted by molar-refractivity contribution is 5.93. The Morgan fingerprint density at radius 3 is 3.11 bits per heavy atom. The average molecular weight is 248 g/mol. The Morgan fingerprint density at radius 2 is 2.44 bits per heavy atom. The SMILES string of the molecule is Cc1cc(C(N)=O)cc(NCC2CCCNC2)n1. The number of hydrogen-bond acceptors (Lipinski definition) is 4. The van der Waals surface area contributed by atoms with Gasteiger partial charge >= 0.3 is 0 Å². The zero-order chi connectivity index (χ0) is 13.0. The van der Waals surface area contributed by atoms with Crippen molar-refractivity contribution < 1.29 is 4.79 Å². The summed E-state index contributed by atoms with van der Waals surface area (Å²) in [5.74, 6) is 0.940. The summed E-state index contributed by atoms with van der Waals surface area (Å²) in [6.45, 7) is 4.90. The van der Waals surface area contributed by atoms with Gasteiger partial charge in [0.1, 0.15) is 5.82 Å². The van der Waals surface area contributed by atoms with Crippen molar-refractivity contribution in [1.29, 1.82) is 0 Å². The van der Waals surface area contributed by atoms with Crippen LogP contribution >= 0.6 is 0 Å². The molecule has 0 spiro atoms. The summed E-state index contributed by atoms with van der Waals surface area (Å²) in [5.41, 5.74) is 6.59. The molecule has 2 heterocycles. The molecule has 1 fully saturated rings. The molecule has 18 heavy (non-hydrogen) atoms. The topological polar surface area (TPSA) is 80.0 Å². The van der Waals surface area contributed by atoms with Crippen LogP contribution in [0.25, 0.3) is 0 Å². The number of aromatic nitrogens is 1. The molecular formula is C13H20N4O. The van der Waals surface area contributed by atoms with E-state index in [9.17, 15) is 4.79 Å². The number of nitrogens with one attached hydrogen (secondary N) is 2. The second-order valence-corrected chi connectivity index (χ2v) is 4.84. The van der Waals surface area contributed by atoms with E-state index in [1.807, 2.05) is 6.92 Å². The second kappa shape index (κ2) is 5.82. The van der Waals surface area contributed by atoms with Crippen molar-refractivity contribution in [2.24, 2.45) is 11.7 Å². The Balaban J connectivity index is 1.97. The lowest BCUT2D eigenvalue weighted by Gasteiger charge is -2.23. The number of pyridine rings is 1. The molecule has 1 aliphatic rings. The smallest absolute Gasteiger partial charge is 0.248 e. The van der Waals surface area contributed by atoms with Crippen molar-refractivity contribution in [3.05, 3.63) is 23.4 Å². The number of aryl methyl sites for hydroxylation is 1. The maximum absolute atomic E-state index is 11.2. The van der Waals surface area contributed by atoms with Gasteiger partial charge in [-0.25, -0.2) is 4.98 Å². The van der Waals surface area contributed by atoms with E-state index in [0.717, 1.165) is 31.1 Å². The number of rotatable bonds is 4. The lowest BCUT2D eigenvalue weighted by molar-refractivity contribution is 0.1000. The molecule has 1 saturated heterocycles. The molecule has 1 amide bonds. The highest BCUT2D eigenvalue weighted by Gasteiger charge is 2.13. The van der Waals surface area contributed by atoms with Crippen LogP contribution in [0.2, 0.25) is 0 Å². The molecule has 2 rings (SSSR count). The molecule has 0 saturated carbocycles. The standard InChI is InChI=1S/C13H20N4O/c1-9-5-11(13(14)18)6-12(17-9)16-8-10-3-2-4-15-7-10/h5-6,10,15H,2-4,7-8H2,1H3,(H2,14,18)(H,16,17). The summed E-state index contributed by atoms with van der Waals surface area (Å²) in [7, 11) is 0. The number of primary amides is 1. The van der Waals surface area contributed by atoms with Gasteiger partial charge in [-0.15, -0.1) is 0 Å². The van der Waals surface area contributed by atoms with E-state index < -0.39 is 5.91 Å². The van der Waals surface area contributed by atoms with Gasteiger partial charge in [-0.3, -0.25) is 4.79 Å². The summed E-state index contributed by atoms with van der Waals surface area (Å²) in [5, 5.41) is 6.67. The number of hydrogen-bond donors (Lipinski definition) is 3. The molecule has 0 bridgehead atoms. The largest absolute Gasteiger partial charge is 0.370 e. The van der Waals surface area contributed by atoms with Crippen LogP contribution in [0.3, 0.4) is 0 Å². The van der Waals surface area contributed by atoms with Crippen LogP contribution in [0, 0.1) is 12.8 Å². The number of nitrogens with two attached hydrogens (primary N) is 1. The van der Waals surface area contributed by atoms with Crippen molar-refractivity contribution in [3.63, 3.8) is 0 Å². The third-order valence-corrected chi connectivity index (χ3v) is 3.21. The van der Waals surface area contributed by atoms with Gasteiger partial charge in [0.15, 0.2) is 0 Å². The molecule has 98 valence electrons. The van der Waals surface area contributed by atoms with Gasteiger partial charge < -0.3 is 16.4 Å². The molecule has 1 atom stereocenters. The van der Waals surface area contributed by atoms with Crippen molar-refractivity contribution in [3.8, 4) is 0 Å². The van der Waals surface area contributed by atoms with Crippen LogP contribution in [0.4, 0.5) is 5.82 Å². The molecule has 5 nitrogen and oxygen atoms in total. The first-order valence-electron chi connectivity index (χ1n) is 6.38. The van der Waals surface area contributed by atoms with E-state index in [1.54, 1.807) is 12.1 Å². The number of carbonyl (C=O) groups excluding carboxylic acids is 1. The van der Waals surface area contributed by atoms with Gasteiger partial charge in [-0.1, -0.05) is 0 Å². The Morgan fingerprint density at radius 1 is 1.61 bits per heavy atom. The van der Waals surface area contributed by atoms with Gasteiger partial charge in [0.2, 0.25) is 5.91 Å². The highest BCUT2D eigenvalue weighted by atomic mass is 16.1. The number of anilines is 1. The van der Waals surface area contributed by atoms with Crippen LogP contribution in [0.1, 0.15) is 28.9 Å². The zero-order valence-corrected chi connectivity index (χ0v) is 10.7. The lowest BCUT2D eigenvalue weighted by Crippen LogP contribution is -2.33. The Hall–Kier alpha value is -1.62. The molecule has 4 N–H and O–H groups in total. The van der Waals surface area contributed by atoms with E-state index in [-0.39, 0.29) is 0 Å². The van der Waals surface area contributed by atoms with Crippen molar-refractivity contribution in [1.82, 2.24) is 10.3 Å². The zero-order valence-electron chi connectivity index (χ0n) is 10.7. The summed E-state index contributed by atoms with van der Waals surface area (Å²) in [6, 6.07) is 3.42. The van der Waals surface area contributed by atoms with Gasteiger partial charge in [-0.2, -0.15) is 0 Å². The van der Waals surface area contributed by atoms with Crippen LogP contribution in [-0.4, -0.2) is 30.5 Å². The number of carbonyl (C=O) groups is 1. The molecule has 5 heteroatoms. The minimum absolute atomic E-state index is 0.414. The molecule has 1 aliphatic heterocycles. The molecule has 1 aromatic rings. The maximum atomic E-state index is 11.2. The first-order valence-corrected chi connectivity index (χ1v) is 6.38. The number of piperidine rings is 1. The number of amides is 1. The molecule has 0 radical (unpaired) electrons. The molecular weight excluding hydrogens is 228 g/mol. The van der Waals surface area contributed by atoms with Gasteiger partial charge in [0.25, 0.3) is 0 Å². The Kier molecular flexibility index (Phi) is 4.15. The Bertz CT molecular complexity index is 427. The van der Waals surface area contributed by atoms with Crippen molar-refractivity contribution in [2.45, 2.75) is 19.8 Å². The lowest BCUT2D eigenvalue weighted by atomic mass is 10.00. The third-order valence-electron chi connectivity index (χ3n) is 3.21. The summed E-state index contributed by atoms with van der Waals surface area (Å²) >= 11 is 0. The first kappa shape index (κ1) is 12.8. The summed E-state index contributed by atoms with van der Waals surface area (Å²) < 4.78 is 0. The third kappa shape index (κ3) is 3.43. The van der Waals surface area contributed by atoms with Gasteiger partial charge in [0, 0.05) is 17.8 Å². The van der Waals surface area contributed by atoms with Gasteiger partial charge in [0.05, 0.1) is 0 Å². The minimum atomic E-state index is -0.414. The van der Waals surface area contributed by atoms with Crippen LogP contribution in [0.15, 0.2) is 12.1 Å². The minimum Gasteiger partial charge on any atom is -0.370 e.